The minimum absolute atomic E-state index is 0.0452. The molecule has 118 valence electrons. The summed E-state index contributed by atoms with van der Waals surface area (Å²) in [5.74, 6) is -0.910. The lowest BCUT2D eigenvalue weighted by atomic mass is 9.79. The molecular formula is C15H23NO4S. The van der Waals surface area contributed by atoms with Crippen LogP contribution < -0.4 is 5.32 Å². The number of thiophene rings is 1. The standard InChI is InChI=1S/C15H23NO4S/c1-5-15(12(17)18,8-11-6-7-21-9-11)10-16-13(19)20-14(2,3)4/h6-7,9H,5,8,10H2,1-4H3,(H,16,19)(H,17,18). The number of hydrogen-bond acceptors (Lipinski definition) is 4. The fourth-order valence-electron chi connectivity index (χ4n) is 1.95. The molecule has 2 N–H and O–H groups in total. The van der Waals surface area contributed by atoms with Crippen molar-refractivity contribution in [3.8, 4) is 0 Å². The number of aliphatic carboxylic acids is 1. The molecule has 0 saturated carbocycles. The minimum atomic E-state index is -1.02. The Kier molecular flexibility index (Phi) is 5.78. The number of alkyl carbamates (subject to hydrolysis) is 1. The number of rotatable bonds is 6. The normalized spacial score (nSPS) is 14.3. The Morgan fingerprint density at radius 2 is 2.05 bits per heavy atom. The van der Waals surface area contributed by atoms with Crippen molar-refractivity contribution in [2.45, 2.75) is 46.1 Å². The second kappa shape index (κ2) is 6.93. The van der Waals surface area contributed by atoms with E-state index in [4.69, 9.17) is 4.74 Å². The molecule has 0 aliphatic carbocycles. The predicted octanol–water partition coefficient (Wildman–Crippen LogP) is 3.30. The third-order valence-electron chi connectivity index (χ3n) is 3.22. The van der Waals surface area contributed by atoms with Gasteiger partial charge in [0.1, 0.15) is 5.60 Å². The van der Waals surface area contributed by atoms with Crippen molar-refractivity contribution < 1.29 is 19.4 Å². The fraction of sp³-hybridized carbons (Fsp3) is 0.600. The molecule has 0 fully saturated rings. The van der Waals surface area contributed by atoms with E-state index in [1.165, 1.54) is 11.3 Å². The number of amides is 1. The van der Waals surface area contributed by atoms with E-state index in [0.717, 1.165) is 5.56 Å². The second-order valence-corrected chi connectivity index (χ2v) is 6.88. The van der Waals surface area contributed by atoms with Crippen LogP contribution in [0.15, 0.2) is 16.8 Å². The highest BCUT2D eigenvalue weighted by molar-refractivity contribution is 7.07. The highest BCUT2D eigenvalue weighted by atomic mass is 32.1. The average Bonchev–Trinajstić information content (AvgIpc) is 2.84. The van der Waals surface area contributed by atoms with Crippen LogP contribution in [0.5, 0.6) is 0 Å². The summed E-state index contributed by atoms with van der Waals surface area (Å²) in [4.78, 5) is 23.4. The zero-order chi connectivity index (χ0) is 16.1. The van der Waals surface area contributed by atoms with Gasteiger partial charge in [0.2, 0.25) is 0 Å². The molecule has 1 aromatic heterocycles. The molecule has 1 rings (SSSR count). The molecule has 6 heteroatoms. The lowest BCUT2D eigenvalue weighted by Gasteiger charge is -2.29. The van der Waals surface area contributed by atoms with Crippen molar-refractivity contribution in [1.82, 2.24) is 5.32 Å². The van der Waals surface area contributed by atoms with Crippen molar-refractivity contribution in [1.29, 1.82) is 0 Å². The van der Waals surface area contributed by atoms with Crippen LogP contribution in [0.1, 0.15) is 39.7 Å². The summed E-state index contributed by atoms with van der Waals surface area (Å²) in [6.07, 6.45) is 0.221. The van der Waals surface area contributed by atoms with Gasteiger partial charge in [-0.2, -0.15) is 11.3 Å². The predicted molar refractivity (Wildman–Crippen MR) is 82.6 cm³/mol. The highest BCUT2D eigenvalue weighted by Gasteiger charge is 2.37. The van der Waals surface area contributed by atoms with Crippen LogP contribution in [0.3, 0.4) is 0 Å². The van der Waals surface area contributed by atoms with Crippen LogP contribution >= 0.6 is 11.3 Å². The topological polar surface area (TPSA) is 75.6 Å². The maximum Gasteiger partial charge on any atom is 0.407 e. The van der Waals surface area contributed by atoms with E-state index >= 15 is 0 Å². The number of carboxylic acid groups (broad SMARTS) is 1. The molecule has 1 aromatic rings. The lowest BCUT2D eigenvalue weighted by molar-refractivity contribution is -0.148. The number of hydrogen-bond donors (Lipinski definition) is 2. The molecule has 0 aliphatic rings. The zero-order valence-electron chi connectivity index (χ0n) is 12.9. The Hall–Kier alpha value is -1.56. The van der Waals surface area contributed by atoms with E-state index in [-0.39, 0.29) is 6.54 Å². The van der Waals surface area contributed by atoms with Gasteiger partial charge in [-0.1, -0.05) is 6.92 Å². The van der Waals surface area contributed by atoms with E-state index in [1.807, 2.05) is 23.8 Å². The van der Waals surface area contributed by atoms with Gasteiger partial charge in [-0.05, 0) is 56.0 Å². The minimum Gasteiger partial charge on any atom is -0.481 e. The highest BCUT2D eigenvalue weighted by Crippen LogP contribution is 2.28. The molecule has 5 nitrogen and oxygen atoms in total. The fourth-order valence-corrected chi connectivity index (χ4v) is 2.62. The lowest BCUT2D eigenvalue weighted by Crippen LogP contribution is -2.45. The van der Waals surface area contributed by atoms with E-state index < -0.39 is 23.1 Å². The largest absolute Gasteiger partial charge is 0.481 e. The van der Waals surface area contributed by atoms with Crippen molar-refractivity contribution in [2.24, 2.45) is 5.41 Å². The summed E-state index contributed by atoms with van der Waals surface area (Å²) in [5, 5.41) is 16.0. The number of ether oxygens (including phenoxy) is 1. The van der Waals surface area contributed by atoms with Crippen LogP contribution in [0.4, 0.5) is 4.79 Å². The van der Waals surface area contributed by atoms with Gasteiger partial charge in [-0.3, -0.25) is 4.79 Å². The molecule has 1 atom stereocenters. The van der Waals surface area contributed by atoms with Crippen molar-refractivity contribution in [3.63, 3.8) is 0 Å². The molecule has 1 unspecified atom stereocenters. The van der Waals surface area contributed by atoms with Crippen LogP contribution in [0.2, 0.25) is 0 Å². The summed E-state index contributed by atoms with van der Waals surface area (Å²) >= 11 is 1.53. The van der Waals surface area contributed by atoms with E-state index in [9.17, 15) is 14.7 Å². The van der Waals surface area contributed by atoms with Crippen LogP contribution in [0.25, 0.3) is 0 Å². The van der Waals surface area contributed by atoms with Gasteiger partial charge in [0.05, 0.1) is 5.41 Å². The van der Waals surface area contributed by atoms with Gasteiger partial charge in [0, 0.05) is 6.54 Å². The van der Waals surface area contributed by atoms with Crippen LogP contribution in [-0.2, 0) is 16.0 Å². The Morgan fingerprint density at radius 1 is 1.38 bits per heavy atom. The van der Waals surface area contributed by atoms with Gasteiger partial charge in [0.15, 0.2) is 0 Å². The third-order valence-corrected chi connectivity index (χ3v) is 3.96. The molecular weight excluding hydrogens is 290 g/mol. The third kappa shape index (κ3) is 5.38. The Balaban J connectivity index is 2.74. The van der Waals surface area contributed by atoms with Gasteiger partial charge in [-0.15, -0.1) is 0 Å². The molecule has 0 aliphatic heterocycles. The summed E-state index contributed by atoms with van der Waals surface area (Å²) in [5.41, 5.74) is -0.650. The average molecular weight is 313 g/mol. The van der Waals surface area contributed by atoms with Gasteiger partial charge >= 0.3 is 12.1 Å². The van der Waals surface area contributed by atoms with Crippen molar-refractivity contribution in [2.75, 3.05) is 6.54 Å². The van der Waals surface area contributed by atoms with Crippen molar-refractivity contribution in [3.05, 3.63) is 22.4 Å². The Labute approximate surface area is 129 Å². The van der Waals surface area contributed by atoms with E-state index in [2.05, 4.69) is 5.32 Å². The smallest absolute Gasteiger partial charge is 0.407 e. The Bertz CT molecular complexity index is 478. The quantitative estimate of drug-likeness (QED) is 0.845. The molecule has 0 saturated heterocycles. The van der Waals surface area contributed by atoms with Gasteiger partial charge in [-0.25, -0.2) is 4.79 Å². The van der Waals surface area contributed by atoms with Crippen LogP contribution in [-0.4, -0.2) is 29.3 Å². The first-order valence-corrected chi connectivity index (χ1v) is 7.84. The maximum absolute atomic E-state index is 11.7. The number of carbonyl (C=O) groups excluding carboxylic acids is 1. The first-order chi connectivity index (χ1) is 9.68. The molecule has 0 bridgehead atoms. The van der Waals surface area contributed by atoms with E-state index in [0.29, 0.717) is 12.8 Å². The summed E-state index contributed by atoms with van der Waals surface area (Å²) in [6.45, 7) is 7.16. The van der Waals surface area contributed by atoms with Gasteiger partial charge in [0.25, 0.3) is 0 Å². The molecule has 0 aromatic carbocycles. The summed E-state index contributed by atoms with van der Waals surface area (Å²) in [6, 6.07) is 1.91. The second-order valence-electron chi connectivity index (χ2n) is 6.10. The van der Waals surface area contributed by atoms with Crippen molar-refractivity contribution >= 4 is 23.4 Å². The number of carboxylic acids is 1. The molecule has 0 radical (unpaired) electrons. The molecule has 0 spiro atoms. The molecule has 21 heavy (non-hydrogen) atoms. The summed E-state index contributed by atoms with van der Waals surface area (Å²) < 4.78 is 5.15. The maximum atomic E-state index is 11.7. The van der Waals surface area contributed by atoms with Crippen LogP contribution in [0, 0.1) is 5.41 Å². The van der Waals surface area contributed by atoms with E-state index in [1.54, 1.807) is 20.8 Å². The summed E-state index contributed by atoms with van der Waals surface area (Å²) in [7, 11) is 0. The molecule has 1 heterocycles. The first kappa shape index (κ1) is 17.5. The SMILES string of the molecule is CCC(CNC(=O)OC(C)(C)C)(Cc1ccsc1)C(=O)O. The number of carbonyl (C=O) groups is 2. The first-order valence-electron chi connectivity index (χ1n) is 6.90. The van der Waals surface area contributed by atoms with Gasteiger partial charge < -0.3 is 15.2 Å². The monoisotopic (exact) mass is 313 g/mol. The number of nitrogens with one attached hydrogen (secondary N) is 1. The zero-order valence-corrected chi connectivity index (χ0v) is 13.8. The molecule has 1 amide bonds. The Morgan fingerprint density at radius 3 is 2.48 bits per heavy atom.